The van der Waals surface area contributed by atoms with Crippen molar-refractivity contribution >= 4 is 17.2 Å². The van der Waals surface area contributed by atoms with Crippen molar-refractivity contribution in [2.75, 3.05) is 0 Å². The minimum atomic E-state index is -0.259. The highest BCUT2D eigenvalue weighted by Crippen LogP contribution is 2.05. The number of carbonyl (C=O) groups is 1. The average molecular weight is 222 g/mol. The van der Waals surface area contributed by atoms with Crippen molar-refractivity contribution in [2.45, 2.75) is 13.5 Å². The summed E-state index contributed by atoms with van der Waals surface area (Å²) in [6.07, 6.45) is 0. The minimum Gasteiger partial charge on any atom is -0.345 e. The number of H-pyrrole nitrogens is 1. The Balaban J connectivity index is 1.93. The van der Waals surface area contributed by atoms with E-state index in [2.05, 4.69) is 20.5 Å². The number of aromatic amines is 1. The molecule has 2 N–H and O–H groups in total. The molecular formula is C9H10N4OS. The maximum absolute atomic E-state index is 11.5. The van der Waals surface area contributed by atoms with Crippen molar-refractivity contribution in [3.05, 3.63) is 34.0 Å². The van der Waals surface area contributed by atoms with E-state index in [1.807, 2.05) is 16.8 Å². The van der Waals surface area contributed by atoms with Gasteiger partial charge in [-0.3, -0.25) is 9.89 Å². The standard InChI is InChI=1S/C9H10N4OS/c1-6-11-8(13-12-6)9(14)10-4-7-2-3-15-5-7/h2-3,5H,4H2,1H3,(H,10,14)(H,11,12,13). The van der Waals surface area contributed by atoms with Gasteiger partial charge in [-0.15, -0.1) is 5.10 Å². The molecule has 0 aliphatic rings. The first-order valence-electron chi connectivity index (χ1n) is 4.44. The van der Waals surface area contributed by atoms with E-state index in [0.29, 0.717) is 12.4 Å². The van der Waals surface area contributed by atoms with Crippen molar-refractivity contribution < 1.29 is 4.79 Å². The summed E-state index contributed by atoms with van der Waals surface area (Å²) in [6, 6.07) is 1.97. The van der Waals surface area contributed by atoms with Gasteiger partial charge in [0.2, 0.25) is 5.82 Å². The fourth-order valence-electron chi connectivity index (χ4n) is 1.10. The lowest BCUT2D eigenvalue weighted by atomic mass is 10.3. The molecule has 0 aliphatic heterocycles. The van der Waals surface area contributed by atoms with Gasteiger partial charge < -0.3 is 5.32 Å². The summed E-state index contributed by atoms with van der Waals surface area (Å²) in [5.74, 6) is 0.559. The van der Waals surface area contributed by atoms with E-state index < -0.39 is 0 Å². The maximum atomic E-state index is 11.5. The van der Waals surface area contributed by atoms with E-state index in [9.17, 15) is 4.79 Å². The predicted octanol–water partition coefficient (Wildman–Crippen LogP) is 1.10. The number of hydrogen-bond acceptors (Lipinski definition) is 4. The number of carbonyl (C=O) groups excluding carboxylic acids is 1. The molecule has 2 heterocycles. The highest BCUT2D eigenvalue weighted by molar-refractivity contribution is 7.07. The van der Waals surface area contributed by atoms with Crippen LogP contribution in [-0.4, -0.2) is 21.1 Å². The van der Waals surface area contributed by atoms with E-state index in [-0.39, 0.29) is 11.7 Å². The predicted molar refractivity (Wildman–Crippen MR) is 56.6 cm³/mol. The van der Waals surface area contributed by atoms with Crippen molar-refractivity contribution in [1.29, 1.82) is 0 Å². The van der Waals surface area contributed by atoms with Crippen LogP contribution in [0.4, 0.5) is 0 Å². The van der Waals surface area contributed by atoms with Crippen LogP contribution in [-0.2, 0) is 6.54 Å². The number of nitrogens with one attached hydrogen (secondary N) is 2. The second-order valence-electron chi connectivity index (χ2n) is 3.06. The van der Waals surface area contributed by atoms with E-state index in [4.69, 9.17) is 0 Å². The third-order valence-corrected chi connectivity index (χ3v) is 2.57. The smallest absolute Gasteiger partial charge is 0.291 e. The monoisotopic (exact) mass is 222 g/mol. The van der Waals surface area contributed by atoms with Crippen LogP contribution < -0.4 is 5.32 Å². The zero-order valence-corrected chi connectivity index (χ0v) is 8.97. The Bertz CT molecular complexity index is 448. The Kier molecular flexibility index (Phi) is 2.77. The lowest BCUT2D eigenvalue weighted by Gasteiger charge is -1.98. The van der Waals surface area contributed by atoms with Crippen LogP contribution in [0, 0.1) is 6.92 Å². The number of aryl methyl sites for hydroxylation is 1. The van der Waals surface area contributed by atoms with Gasteiger partial charge in [0.15, 0.2) is 0 Å². The Labute approximate surface area is 90.6 Å². The van der Waals surface area contributed by atoms with Crippen LogP contribution in [0.5, 0.6) is 0 Å². The molecule has 6 heteroatoms. The van der Waals surface area contributed by atoms with Gasteiger partial charge >= 0.3 is 0 Å². The van der Waals surface area contributed by atoms with Crippen molar-refractivity contribution in [3.63, 3.8) is 0 Å². The summed E-state index contributed by atoms with van der Waals surface area (Å²) in [5, 5.41) is 13.1. The molecule has 0 saturated heterocycles. The normalized spacial score (nSPS) is 10.2. The summed E-state index contributed by atoms with van der Waals surface area (Å²) in [4.78, 5) is 15.4. The molecule has 0 unspecified atom stereocenters. The lowest BCUT2D eigenvalue weighted by Crippen LogP contribution is -2.23. The van der Waals surface area contributed by atoms with Crippen LogP contribution in [0.3, 0.4) is 0 Å². The van der Waals surface area contributed by atoms with E-state index in [0.717, 1.165) is 5.56 Å². The van der Waals surface area contributed by atoms with E-state index >= 15 is 0 Å². The molecule has 0 spiro atoms. The number of nitrogens with zero attached hydrogens (tertiary/aromatic N) is 2. The molecule has 2 rings (SSSR count). The van der Waals surface area contributed by atoms with Gasteiger partial charge in [0.1, 0.15) is 5.82 Å². The highest BCUT2D eigenvalue weighted by Gasteiger charge is 2.10. The second kappa shape index (κ2) is 4.22. The Morgan fingerprint density at radius 3 is 3.13 bits per heavy atom. The largest absolute Gasteiger partial charge is 0.345 e. The Morgan fingerprint density at radius 1 is 1.67 bits per heavy atom. The molecule has 0 saturated carbocycles. The zero-order valence-electron chi connectivity index (χ0n) is 8.15. The Morgan fingerprint density at radius 2 is 2.53 bits per heavy atom. The van der Waals surface area contributed by atoms with Gasteiger partial charge in [-0.2, -0.15) is 11.3 Å². The van der Waals surface area contributed by atoms with Crippen molar-refractivity contribution in [1.82, 2.24) is 20.5 Å². The highest BCUT2D eigenvalue weighted by atomic mass is 32.1. The number of amides is 1. The van der Waals surface area contributed by atoms with Gasteiger partial charge in [-0.05, 0) is 29.3 Å². The first-order chi connectivity index (χ1) is 7.25. The number of hydrogen-bond donors (Lipinski definition) is 2. The quantitative estimate of drug-likeness (QED) is 0.817. The summed E-state index contributed by atoms with van der Waals surface area (Å²) in [6.45, 7) is 2.26. The molecule has 0 fully saturated rings. The van der Waals surface area contributed by atoms with Gasteiger partial charge in [0.05, 0.1) is 0 Å². The molecule has 15 heavy (non-hydrogen) atoms. The van der Waals surface area contributed by atoms with Crippen molar-refractivity contribution in [3.8, 4) is 0 Å². The molecule has 2 aromatic heterocycles. The zero-order chi connectivity index (χ0) is 10.7. The molecule has 0 radical (unpaired) electrons. The topological polar surface area (TPSA) is 70.7 Å². The minimum absolute atomic E-state index is 0.183. The fourth-order valence-corrected chi connectivity index (χ4v) is 1.77. The van der Waals surface area contributed by atoms with Gasteiger partial charge in [0, 0.05) is 6.54 Å². The van der Waals surface area contributed by atoms with E-state index in [1.54, 1.807) is 18.3 Å². The number of thiophene rings is 1. The fraction of sp³-hybridized carbons (Fsp3) is 0.222. The van der Waals surface area contributed by atoms with Crippen LogP contribution in [0.15, 0.2) is 16.8 Å². The number of rotatable bonds is 3. The second-order valence-corrected chi connectivity index (χ2v) is 3.84. The molecule has 0 atom stereocenters. The molecule has 0 bridgehead atoms. The van der Waals surface area contributed by atoms with Crippen molar-refractivity contribution in [2.24, 2.45) is 0 Å². The summed E-state index contributed by atoms with van der Waals surface area (Å²) in [7, 11) is 0. The third kappa shape index (κ3) is 2.41. The summed E-state index contributed by atoms with van der Waals surface area (Å²) < 4.78 is 0. The maximum Gasteiger partial charge on any atom is 0.291 e. The molecule has 1 amide bonds. The summed E-state index contributed by atoms with van der Waals surface area (Å²) >= 11 is 1.60. The van der Waals surface area contributed by atoms with E-state index in [1.165, 1.54) is 0 Å². The van der Waals surface area contributed by atoms with Crippen LogP contribution >= 0.6 is 11.3 Å². The first kappa shape index (κ1) is 9.85. The first-order valence-corrected chi connectivity index (χ1v) is 5.38. The molecular weight excluding hydrogens is 212 g/mol. The molecule has 2 aromatic rings. The molecule has 0 aliphatic carbocycles. The average Bonchev–Trinajstić information content (AvgIpc) is 2.84. The Hall–Kier alpha value is -1.69. The van der Waals surface area contributed by atoms with Crippen LogP contribution in [0.25, 0.3) is 0 Å². The lowest BCUT2D eigenvalue weighted by molar-refractivity contribution is 0.0941. The van der Waals surface area contributed by atoms with Gasteiger partial charge in [0.25, 0.3) is 5.91 Å². The third-order valence-electron chi connectivity index (χ3n) is 1.83. The summed E-state index contributed by atoms with van der Waals surface area (Å²) in [5.41, 5.74) is 1.08. The van der Waals surface area contributed by atoms with Gasteiger partial charge in [-0.1, -0.05) is 0 Å². The van der Waals surface area contributed by atoms with Crippen LogP contribution in [0.2, 0.25) is 0 Å². The van der Waals surface area contributed by atoms with Crippen LogP contribution in [0.1, 0.15) is 22.0 Å². The molecule has 78 valence electrons. The number of aromatic nitrogens is 3. The molecule has 0 aromatic carbocycles. The SMILES string of the molecule is Cc1nc(C(=O)NCc2ccsc2)n[nH]1. The molecule has 5 nitrogen and oxygen atoms in total. The van der Waals surface area contributed by atoms with Gasteiger partial charge in [-0.25, -0.2) is 4.98 Å².